The number of thiophene rings is 1. The first kappa shape index (κ1) is 30.1. The third-order valence-electron chi connectivity index (χ3n) is 6.78. The number of rotatable bonds is 1. The molecule has 4 aromatic rings. The van der Waals surface area contributed by atoms with E-state index < -0.39 is 19.9 Å². The summed E-state index contributed by atoms with van der Waals surface area (Å²) in [6.07, 6.45) is 0. The Morgan fingerprint density at radius 1 is 0.703 bits per heavy atom. The minimum Gasteiger partial charge on any atom is -1.00 e. The fourth-order valence-electron chi connectivity index (χ4n) is 5.10. The zero-order valence-electron chi connectivity index (χ0n) is 22.8. The summed E-state index contributed by atoms with van der Waals surface area (Å²) in [6, 6.07) is 20.4. The summed E-state index contributed by atoms with van der Waals surface area (Å²) < 4.78 is 14.6. The maximum Gasteiger partial charge on any atom is -1.00 e. The van der Waals surface area contributed by atoms with Crippen LogP contribution in [-0.2, 0) is 30.8 Å². The van der Waals surface area contributed by atoms with Gasteiger partial charge in [0.25, 0.3) is 0 Å². The molecule has 194 valence electrons. The standard InChI is InChI=1S/C31H36O2S.2ClH.Ti/c1-18-13-21(28(32)23(15-18)30(3,4)5)27(26-17-20-11-9-10-12-25(20)34-26)22-14-19(2)16-24(29(22)33)31(6,7)8;;;/h9-17,27,32-33H,1-8H3;2*1H;/q;;;+4/p-4. The van der Waals surface area contributed by atoms with Crippen LogP contribution in [0, 0.1) is 13.8 Å². The second-order valence-electron chi connectivity index (χ2n) is 11.9. The van der Waals surface area contributed by atoms with Gasteiger partial charge in [-0.2, -0.15) is 0 Å². The Kier molecular flexibility index (Phi) is 8.89. The van der Waals surface area contributed by atoms with Gasteiger partial charge in [0.15, 0.2) is 0 Å². The maximum absolute atomic E-state index is 6.63. The molecule has 0 N–H and O–H groups in total. The smallest absolute Gasteiger partial charge is 1.00 e. The average molecular weight is 589 g/mol. The normalized spacial score (nSPS) is 13.3. The Bertz CT molecular complexity index is 1330. The Balaban J connectivity index is 0.00000190. The monoisotopic (exact) mass is 588 g/mol. The van der Waals surface area contributed by atoms with Gasteiger partial charge in [-0.3, -0.25) is 0 Å². The van der Waals surface area contributed by atoms with Crippen molar-refractivity contribution < 1.29 is 51.4 Å². The largest absolute Gasteiger partial charge is 1.00 e. The van der Waals surface area contributed by atoms with E-state index >= 15 is 0 Å². The first-order valence-electron chi connectivity index (χ1n) is 12.3. The summed E-state index contributed by atoms with van der Waals surface area (Å²) in [7, 11) is 0. The summed E-state index contributed by atoms with van der Waals surface area (Å²) in [5.41, 5.74) is 7.54. The molecule has 0 radical (unpaired) electrons. The van der Waals surface area contributed by atoms with Crippen molar-refractivity contribution in [3.63, 3.8) is 0 Å². The quantitative estimate of drug-likeness (QED) is 0.318. The van der Waals surface area contributed by atoms with Crippen molar-refractivity contribution in [3.05, 3.63) is 92.9 Å². The summed E-state index contributed by atoms with van der Waals surface area (Å²) in [4.78, 5) is 1.33. The Morgan fingerprint density at radius 3 is 1.65 bits per heavy atom. The number of hydrogen-bond donors (Lipinski definition) is 0. The molecule has 0 saturated heterocycles. The van der Waals surface area contributed by atoms with Gasteiger partial charge in [0.05, 0.1) is 0 Å². The number of halogens is 2. The molecule has 0 amide bonds. The summed E-state index contributed by atoms with van der Waals surface area (Å²) >= 11 is 0.760. The molecule has 0 bridgehead atoms. The van der Waals surface area contributed by atoms with E-state index in [-0.39, 0.29) is 41.6 Å². The van der Waals surface area contributed by atoms with Gasteiger partial charge in [-0.25, -0.2) is 0 Å². The average Bonchev–Trinajstić information content (AvgIpc) is 3.16. The van der Waals surface area contributed by atoms with Gasteiger partial charge >= 0.3 is 224 Å². The van der Waals surface area contributed by atoms with Crippen LogP contribution in [0.25, 0.3) is 10.1 Å². The van der Waals surface area contributed by atoms with Crippen molar-refractivity contribution in [2.24, 2.45) is 0 Å². The van der Waals surface area contributed by atoms with Crippen LogP contribution >= 0.6 is 11.3 Å². The molecule has 1 aromatic heterocycles. The van der Waals surface area contributed by atoms with Gasteiger partial charge in [0, 0.05) is 0 Å². The van der Waals surface area contributed by atoms with Crippen molar-refractivity contribution in [1.82, 2.24) is 0 Å². The second kappa shape index (κ2) is 10.9. The molecule has 2 nitrogen and oxygen atoms in total. The van der Waals surface area contributed by atoms with Gasteiger partial charge in [0.2, 0.25) is 0 Å². The van der Waals surface area contributed by atoms with Crippen LogP contribution in [0.2, 0.25) is 0 Å². The van der Waals surface area contributed by atoms with Crippen molar-refractivity contribution in [2.75, 3.05) is 0 Å². The number of hydrogen-bond acceptors (Lipinski definition) is 3. The molecular weight excluding hydrogens is 555 g/mol. The molecule has 37 heavy (non-hydrogen) atoms. The zero-order chi connectivity index (χ0) is 25.1. The van der Waals surface area contributed by atoms with Crippen LogP contribution in [0.5, 0.6) is 11.5 Å². The number of benzene rings is 3. The summed E-state index contributed by atoms with van der Waals surface area (Å²) in [6.45, 7) is 18.1. The molecule has 0 saturated carbocycles. The van der Waals surface area contributed by atoms with Gasteiger partial charge in [-0.1, -0.05) is 0 Å². The van der Waals surface area contributed by atoms with Crippen molar-refractivity contribution in [1.29, 1.82) is 0 Å². The Hall–Kier alpha value is -1.49. The molecular formula is C31H34Cl2O2STi. The first-order chi connectivity index (χ1) is 16.4. The number of aryl methyl sites for hydroxylation is 2. The van der Waals surface area contributed by atoms with Gasteiger partial charge in [0.1, 0.15) is 0 Å². The summed E-state index contributed by atoms with van der Waals surface area (Å²) in [5.74, 6) is 2.09. The molecule has 3 aromatic carbocycles. The predicted molar refractivity (Wildman–Crippen MR) is 144 cm³/mol. The SMILES string of the molecule is Cc1cc2c(c(C(C)(C)C)c1)[O][Ti+2][O]c1c(cc(C)cc1C(C)(C)C)C2c1cc2ccccc2s1.[Cl-].[Cl-]. The van der Waals surface area contributed by atoms with Crippen LogP contribution in [0.4, 0.5) is 0 Å². The van der Waals surface area contributed by atoms with Crippen LogP contribution in [0.1, 0.15) is 85.7 Å². The first-order valence-corrected chi connectivity index (χ1v) is 14.4. The van der Waals surface area contributed by atoms with E-state index in [2.05, 4.69) is 110 Å². The molecule has 1 aliphatic rings. The van der Waals surface area contributed by atoms with E-state index in [1.54, 1.807) is 0 Å². The van der Waals surface area contributed by atoms with Crippen molar-refractivity contribution in [2.45, 2.75) is 72.1 Å². The van der Waals surface area contributed by atoms with Crippen LogP contribution in [0.15, 0.2) is 54.6 Å². The van der Waals surface area contributed by atoms with Crippen molar-refractivity contribution in [3.8, 4) is 11.5 Å². The third-order valence-corrected chi connectivity index (χ3v) is 8.86. The van der Waals surface area contributed by atoms with Crippen LogP contribution < -0.4 is 31.5 Å². The fourth-order valence-corrected chi connectivity index (χ4v) is 7.34. The summed E-state index contributed by atoms with van der Waals surface area (Å²) in [5, 5.41) is 1.29. The zero-order valence-corrected chi connectivity index (χ0v) is 26.6. The van der Waals surface area contributed by atoms with Gasteiger partial charge in [-0.05, 0) is 0 Å². The molecule has 6 heteroatoms. The minimum atomic E-state index is -1.12. The van der Waals surface area contributed by atoms with Crippen molar-refractivity contribution >= 4 is 21.4 Å². The molecule has 0 unspecified atom stereocenters. The number of fused-ring (bicyclic) bond motifs is 3. The Morgan fingerprint density at radius 2 is 1.19 bits per heavy atom. The molecule has 2 heterocycles. The fraction of sp³-hybridized carbons (Fsp3) is 0.355. The van der Waals surface area contributed by atoms with Crippen LogP contribution in [-0.4, -0.2) is 0 Å². The third kappa shape index (κ3) is 5.77. The predicted octanol–water partition coefficient (Wildman–Crippen LogP) is 2.99. The van der Waals surface area contributed by atoms with E-state index in [1.807, 2.05) is 11.3 Å². The van der Waals surface area contributed by atoms with E-state index in [4.69, 9.17) is 6.64 Å². The van der Waals surface area contributed by atoms with E-state index in [0.29, 0.717) is 0 Å². The van der Waals surface area contributed by atoms with Crippen LogP contribution in [0.3, 0.4) is 0 Å². The van der Waals surface area contributed by atoms with Gasteiger partial charge < -0.3 is 24.8 Å². The Labute approximate surface area is 247 Å². The second-order valence-corrected chi connectivity index (χ2v) is 13.9. The molecule has 0 aliphatic carbocycles. The molecule has 5 rings (SSSR count). The van der Waals surface area contributed by atoms with E-state index in [1.165, 1.54) is 48.3 Å². The molecule has 0 fully saturated rings. The van der Waals surface area contributed by atoms with E-state index in [0.717, 1.165) is 11.5 Å². The minimum absolute atomic E-state index is 0. The molecule has 1 aliphatic heterocycles. The van der Waals surface area contributed by atoms with E-state index in [9.17, 15) is 0 Å². The van der Waals surface area contributed by atoms with Gasteiger partial charge in [-0.15, -0.1) is 0 Å². The molecule has 0 spiro atoms. The topological polar surface area (TPSA) is 18.5 Å². The molecule has 0 atom stereocenters. The maximum atomic E-state index is 6.63.